The van der Waals surface area contributed by atoms with Crippen LogP contribution < -0.4 is 0 Å². The average molecular weight is 208 g/mol. The van der Waals surface area contributed by atoms with E-state index in [9.17, 15) is 0 Å². The molecule has 0 saturated carbocycles. The molecule has 2 nitrogen and oxygen atoms in total. The SMILES string of the molecule is C.N=N.[CH3][GaH2].[GaH3].[HH]. The summed E-state index contributed by atoms with van der Waals surface area (Å²) in [5.41, 5.74) is 12.2. The molecule has 0 fully saturated rings. The molecule has 4 heteroatoms. The molecule has 0 saturated heterocycles. The normalized spacial score (nSPS) is 1.50. The summed E-state index contributed by atoms with van der Waals surface area (Å²) in [5, 5.41) is 0. The standard InChI is InChI=1S/CH4.CH3.2Ga.H2N2.H2.5H/c;;;;1-2;;;;;;/h1H4;1H3;;;1-2H;1H;;;;;. The molecule has 0 amide bonds. The Morgan fingerprint density at radius 2 is 1.33 bits per heavy atom. The molecule has 0 unspecified atom stereocenters. The van der Waals surface area contributed by atoms with Gasteiger partial charge in [0.05, 0.1) is 0 Å². The summed E-state index contributed by atoms with van der Waals surface area (Å²) >= 11 is 1.06. The van der Waals surface area contributed by atoms with Crippen LogP contribution >= 0.6 is 0 Å². The summed E-state index contributed by atoms with van der Waals surface area (Å²) in [6, 6.07) is 0. The Morgan fingerprint density at radius 1 is 1.33 bits per heavy atom. The Kier molecular flexibility index (Phi) is 876. The topological polar surface area (TPSA) is 47.7 Å². The van der Waals surface area contributed by atoms with Crippen molar-refractivity contribution in [3.05, 3.63) is 0 Å². The minimum Gasteiger partial charge on any atom is 0 e. The molecule has 0 aliphatic heterocycles. The molecule has 0 aromatic carbocycles. The van der Waals surface area contributed by atoms with Gasteiger partial charge in [-0.15, -0.1) is 0 Å². The second-order valence-electron chi connectivity index (χ2n) is 0. The van der Waals surface area contributed by atoms with Crippen LogP contribution in [-0.2, 0) is 0 Å². The maximum Gasteiger partial charge on any atom is 0 e. The van der Waals surface area contributed by atoms with E-state index >= 15 is 0 Å². The first kappa shape index (κ1) is 28.7. The van der Waals surface area contributed by atoms with E-state index in [0.717, 1.165) is 18.6 Å². The van der Waals surface area contributed by atoms with Gasteiger partial charge in [0, 0.05) is 1.43 Å². The van der Waals surface area contributed by atoms with Crippen LogP contribution in [-0.4, -0.2) is 38.4 Å². The zero-order chi connectivity index (χ0) is 4.00. The fourth-order valence-corrected chi connectivity index (χ4v) is 0. The molecule has 6 heavy (non-hydrogen) atoms. The van der Waals surface area contributed by atoms with E-state index in [1.54, 1.807) is 0 Å². The van der Waals surface area contributed by atoms with Gasteiger partial charge in [0.25, 0.3) is 0 Å². The van der Waals surface area contributed by atoms with Gasteiger partial charge in [0.15, 0.2) is 0 Å². The smallest absolute Gasteiger partial charge is 0 e. The van der Waals surface area contributed by atoms with Crippen molar-refractivity contribution in [2.45, 2.75) is 12.9 Å². The van der Waals surface area contributed by atoms with Gasteiger partial charge in [-0.05, 0) is 0 Å². The first-order valence-corrected chi connectivity index (χ1v) is 5.45. The van der Waals surface area contributed by atoms with Crippen LogP contribution in [0.2, 0.25) is 5.48 Å². The predicted molar refractivity (Wildman–Crippen MR) is 38.6 cm³/mol. The molecule has 40 valence electrons. The van der Waals surface area contributed by atoms with Crippen LogP contribution in [0.4, 0.5) is 0 Å². The van der Waals surface area contributed by atoms with Crippen molar-refractivity contribution in [2.24, 2.45) is 0 Å². The molecular formula is C2H16Ga2N2. The molecular weight excluding hydrogens is 191 g/mol. The first-order valence-electron chi connectivity index (χ1n) is 1.25. The van der Waals surface area contributed by atoms with Crippen molar-refractivity contribution in [2.75, 3.05) is 0 Å². The fourth-order valence-electron chi connectivity index (χ4n) is 0. The third kappa shape index (κ3) is 96.0. The van der Waals surface area contributed by atoms with Crippen molar-refractivity contribution in [3.8, 4) is 0 Å². The zero-order valence-electron chi connectivity index (χ0n) is 3.00. The van der Waals surface area contributed by atoms with E-state index in [-0.39, 0.29) is 28.6 Å². The number of nitrogens with one attached hydrogen (secondary N) is 2. The summed E-state index contributed by atoms with van der Waals surface area (Å²) in [6.07, 6.45) is 0. The minimum atomic E-state index is 0. The molecule has 0 heterocycles. The average Bonchev–Trinajstić information content (AvgIpc) is 1.50. The Hall–Kier alpha value is 0.873. The summed E-state index contributed by atoms with van der Waals surface area (Å²) in [5.74, 6) is 0. The summed E-state index contributed by atoms with van der Waals surface area (Å²) in [7, 11) is 0. The molecule has 0 bridgehead atoms. The fraction of sp³-hybridized carbons (Fsp3) is 1.00. The quantitative estimate of drug-likeness (QED) is 0.414. The third-order valence-corrected chi connectivity index (χ3v) is 0. The Bertz CT molecular complexity index is 13.7. The molecule has 0 radical (unpaired) electrons. The van der Waals surface area contributed by atoms with Gasteiger partial charge in [-0.1, -0.05) is 7.43 Å². The van der Waals surface area contributed by atoms with Gasteiger partial charge >= 0.3 is 43.9 Å². The van der Waals surface area contributed by atoms with Gasteiger partial charge in [0.1, 0.15) is 0 Å². The molecule has 0 rings (SSSR count). The van der Waals surface area contributed by atoms with Crippen molar-refractivity contribution in [1.29, 1.82) is 11.1 Å². The predicted octanol–water partition coefficient (Wildman–Crippen LogP) is -0.0381. The van der Waals surface area contributed by atoms with Crippen molar-refractivity contribution in [3.63, 3.8) is 0 Å². The first-order chi connectivity index (χ1) is 2.00. The number of hydrogen-bond acceptors (Lipinski definition) is 2. The largest absolute Gasteiger partial charge is 0 e. The van der Waals surface area contributed by atoms with Gasteiger partial charge in [0.2, 0.25) is 0 Å². The van der Waals surface area contributed by atoms with Crippen LogP contribution in [0.5, 0.6) is 0 Å². The van der Waals surface area contributed by atoms with Crippen molar-refractivity contribution < 1.29 is 1.43 Å². The second-order valence-corrected chi connectivity index (χ2v) is 0. The van der Waals surface area contributed by atoms with Crippen LogP contribution in [0, 0.1) is 11.1 Å². The molecule has 0 aromatic heterocycles. The number of hydrogen-bond donors (Lipinski definition) is 2. The third-order valence-electron chi connectivity index (χ3n) is 0. The Morgan fingerprint density at radius 3 is 1.33 bits per heavy atom. The maximum absolute atomic E-state index is 5.00. The van der Waals surface area contributed by atoms with Crippen LogP contribution in [0.3, 0.4) is 0 Å². The molecule has 0 spiro atoms. The summed E-state index contributed by atoms with van der Waals surface area (Å²) in [6.45, 7) is 0. The monoisotopic (exact) mass is 206 g/mol. The van der Waals surface area contributed by atoms with Crippen molar-refractivity contribution >= 4 is 38.4 Å². The molecule has 0 aliphatic carbocycles. The van der Waals surface area contributed by atoms with E-state index in [1.165, 1.54) is 0 Å². The van der Waals surface area contributed by atoms with Crippen LogP contribution in [0.1, 0.15) is 8.85 Å². The van der Waals surface area contributed by atoms with E-state index in [4.69, 9.17) is 11.1 Å². The molecule has 2 N–H and O–H groups in total. The van der Waals surface area contributed by atoms with E-state index < -0.39 is 0 Å². The van der Waals surface area contributed by atoms with E-state index in [2.05, 4.69) is 5.48 Å². The minimum absolute atomic E-state index is 0. The van der Waals surface area contributed by atoms with E-state index in [0.29, 0.717) is 0 Å². The van der Waals surface area contributed by atoms with Gasteiger partial charge in [-0.2, -0.15) is 0 Å². The van der Waals surface area contributed by atoms with Gasteiger partial charge in [-0.25, -0.2) is 11.1 Å². The number of rotatable bonds is 0. The summed E-state index contributed by atoms with van der Waals surface area (Å²) < 4.78 is 0. The molecule has 0 atom stereocenters. The molecule has 0 aromatic rings. The van der Waals surface area contributed by atoms with Gasteiger partial charge < -0.3 is 0 Å². The zero-order valence-corrected chi connectivity index (χ0v) is 7.20. The second kappa shape index (κ2) is 183. The van der Waals surface area contributed by atoms with E-state index in [1.807, 2.05) is 0 Å². The summed E-state index contributed by atoms with van der Waals surface area (Å²) in [4.78, 5) is 0. The van der Waals surface area contributed by atoms with Gasteiger partial charge in [-0.3, -0.25) is 0 Å². The van der Waals surface area contributed by atoms with Crippen LogP contribution in [0.25, 0.3) is 0 Å². The molecule has 0 aliphatic rings. The maximum atomic E-state index is 5.00. The van der Waals surface area contributed by atoms with Crippen molar-refractivity contribution in [1.82, 2.24) is 0 Å². The Labute approximate surface area is 63.8 Å². The Balaban J connectivity index is -0.00000000267. The van der Waals surface area contributed by atoms with Crippen LogP contribution in [0.15, 0.2) is 0 Å².